The van der Waals surface area contributed by atoms with Crippen molar-refractivity contribution in [1.29, 1.82) is 0 Å². The summed E-state index contributed by atoms with van der Waals surface area (Å²) in [5.41, 5.74) is 0.963. The second-order valence-corrected chi connectivity index (χ2v) is 5.79. The Kier molecular flexibility index (Phi) is 5.95. The van der Waals surface area contributed by atoms with Crippen molar-refractivity contribution >= 4 is 23.2 Å². The van der Waals surface area contributed by atoms with Crippen LogP contribution < -0.4 is 5.32 Å². The molecule has 1 aromatic heterocycles. The third kappa shape index (κ3) is 5.38. The lowest BCUT2D eigenvalue weighted by atomic mass is 10.0. The number of carbonyl (C=O) groups is 2. The molecule has 2 N–H and O–H groups in total. The summed E-state index contributed by atoms with van der Waals surface area (Å²) in [4.78, 5) is 27.1. The van der Waals surface area contributed by atoms with E-state index in [-0.39, 0.29) is 18.2 Å². The van der Waals surface area contributed by atoms with Crippen LogP contribution in [0.4, 0.5) is 0 Å². The smallest absolute Gasteiger partial charge is 0.326 e. The standard InChI is InChI=1S/C13H20N2O3S/c1-4-9-7-19-12(14-9)6-11(16)15-10(13(17)18)5-8(2)3/h7-8,10H,4-6H2,1-3H3,(H,15,16)(H,17,18)/t10-/m1/s1. The predicted molar refractivity (Wildman–Crippen MR) is 74.2 cm³/mol. The van der Waals surface area contributed by atoms with Gasteiger partial charge in [-0.15, -0.1) is 11.3 Å². The Morgan fingerprint density at radius 3 is 2.63 bits per heavy atom. The van der Waals surface area contributed by atoms with Crippen molar-refractivity contribution in [3.05, 3.63) is 16.1 Å². The second-order valence-electron chi connectivity index (χ2n) is 4.85. The van der Waals surface area contributed by atoms with Crippen LogP contribution in [0.3, 0.4) is 0 Å². The highest BCUT2D eigenvalue weighted by atomic mass is 32.1. The van der Waals surface area contributed by atoms with E-state index in [1.54, 1.807) is 0 Å². The number of hydrogen-bond donors (Lipinski definition) is 2. The number of thiazole rings is 1. The fourth-order valence-electron chi connectivity index (χ4n) is 1.67. The Balaban J connectivity index is 2.54. The van der Waals surface area contributed by atoms with Gasteiger partial charge in [0.2, 0.25) is 5.91 Å². The van der Waals surface area contributed by atoms with Crippen LogP contribution in [0.1, 0.15) is 37.9 Å². The van der Waals surface area contributed by atoms with Gasteiger partial charge in [0.05, 0.1) is 12.1 Å². The maximum Gasteiger partial charge on any atom is 0.326 e. The molecule has 0 fully saturated rings. The molecule has 0 unspecified atom stereocenters. The number of amides is 1. The first kappa shape index (κ1) is 15.6. The minimum Gasteiger partial charge on any atom is -0.480 e. The molecule has 1 heterocycles. The van der Waals surface area contributed by atoms with Gasteiger partial charge in [0.1, 0.15) is 11.0 Å². The fourth-order valence-corrected chi connectivity index (χ4v) is 2.54. The van der Waals surface area contributed by atoms with Crippen molar-refractivity contribution in [1.82, 2.24) is 10.3 Å². The number of carbonyl (C=O) groups excluding carboxylic acids is 1. The lowest BCUT2D eigenvalue weighted by Crippen LogP contribution is -2.42. The van der Waals surface area contributed by atoms with E-state index >= 15 is 0 Å². The summed E-state index contributed by atoms with van der Waals surface area (Å²) in [5.74, 6) is -1.06. The van der Waals surface area contributed by atoms with E-state index < -0.39 is 12.0 Å². The zero-order valence-electron chi connectivity index (χ0n) is 11.5. The summed E-state index contributed by atoms with van der Waals surface area (Å²) in [7, 11) is 0. The SMILES string of the molecule is CCc1csc(CC(=O)N[C@H](CC(C)C)C(=O)O)n1. The Bertz CT molecular complexity index is 443. The normalized spacial score (nSPS) is 12.4. The maximum absolute atomic E-state index is 11.8. The molecular formula is C13H20N2O3S. The number of carboxylic acids is 1. The van der Waals surface area contributed by atoms with Crippen molar-refractivity contribution < 1.29 is 14.7 Å². The molecular weight excluding hydrogens is 264 g/mol. The molecule has 0 saturated heterocycles. The lowest BCUT2D eigenvalue weighted by Gasteiger charge is -2.15. The number of aryl methyl sites for hydroxylation is 1. The number of nitrogens with one attached hydrogen (secondary N) is 1. The molecule has 0 bridgehead atoms. The molecule has 0 aliphatic carbocycles. The van der Waals surface area contributed by atoms with E-state index in [2.05, 4.69) is 10.3 Å². The van der Waals surface area contributed by atoms with Gasteiger partial charge in [-0.1, -0.05) is 20.8 Å². The average molecular weight is 284 g/mol. The van der Waals surface area contributed by atoms with Crippen LogP contribution in [0.2, 0.25) is 0 Å². The molecule has 19 heavy (non-hydrogen) atoms. The number of aliphatic carboxylic acids is 1. The molecule has 0 aromatic carbocycles. The van der Waals surface area contributed by atoms with Crippen molar-refractivity contribution in [2.75, 3.05) is 0 Å². The van der Waals surface area contributed by atoms with E-state index in [1.807, 2.05) is 26.2 Å². The second kappa shape index (κ2) is 7.23. The van der Waals surface area contributed by atoms with Gasteiger partial charge in [-0.3, -0.25) is 4.79 Å². The van der Waals surface area contributed by atoms with Gasteiger partial charge in [0.15, 0.2) is 0 Å². The summed E-state index contributed by atoms with van der Waals surface area (Å²) in [6, 6.07) is -0.821. The number of aromatic nitrogens is 1. The Hall–Kier alpha value is -1.43. The highest BCUT2D eigenvalue weighted by molar-refractivity contribution is 7.09. The summed E-state index contributed by atoms with van der Waals surface area (Å²) in [6.45, 7) is 5.86. The molecule has 0 aliphatic rings. The molecule has 0 spiro atoms. The number of rotatable bonds is 7. The Morgan fingerprint density at radius 2 is 2.16 bits per heavy atom. The van der Waals surface area contributed by atoms with E-state index in [4.69, 9.17) is 5.11 Å². The van der Waals surface area contributed by atoms with Crippen LogP contribution in [-0.2, 0) is 22.4 Å². The molecule has 0 radical (unpaired) electrons. The van der Waals surface area contributed by atoms with Gasteiger partial charge in [-0.2, -0.15) is 0 Å². The van der Waals surface area contributed by atoms with E-state index in [0.717, 1.165) is 17.1 Å². The summed E-state index contributed by atoms with van der Waals surface area (Å²) >= 11 is 1.43. The number of hydrogen-bond acceptors (Lipinski definition) is 4. The molecule has 1 rings (SSSR count). The zero-order valence-corrected chi connectivity index (χ0v) is 12.3. The summed E-state index contributed by atoms with van der Waals surface area (Å²) in [5, 5.41) is 14.3. The van der Waals surface area contributed by atoms with E-state index in [1.165, 1.54) is 11.3 Å². The van der Waals surface area contributed by atoms with Crippen LogP contribution in [0.5, 0.6) is 0 Å². The zero-order chi connectivity index (χ0) is 14.4. The average Bonchev–Trinajstić information content (AvgIpc) is 2.75. The molecule has 5 nitrogen and oxygen atoms in total. The highest BCUT2D eigenvalue weighted by Crippen LogP contribution is 2.11. The van der Waals surface area contributed by atoms with Gasteiger partial charge in [-0.25, -0.2) is 9.78 Å². The third-order valence-electron chi connectivity index (χ3n) is 2.61. The number of nitrogens with zero attached hydrogens (tertiary/aromatic N) is 1. The molecule has 1 aromatic rings. The van der Waals surface area contributed by atoms with Crippen molar-refractivity contribution in [2.45, 2.75) is 46.1 Å². The first-order valence-corrected chi connectivity index (χ1v) is 7.25. The van der Waals surface area contributed by atoms with Gasteiger partial charge in [0, 0.05) is 5.38 Å². The first-order valence-electron chi connectivity index (χ1n) is 6.37. The minimum atomic E-state index is -0.990. The fraction of sp³-hybridized carbons (Fsp3) is 0.615. The molecule has 0 saturated carbocycles. The highest BCUT2D eigenvalue weighted by Gasteiger charge is 2.21. The van der Waals surface area contributed by atoms with Crippen molar-refractivity contribution in [3.63, 3.8) is 0 Å². The van der Waals surface area contributed by atoms with Crippen LogP contribution >= 0.6 is 11.3 Å². The van der Waals surface area contributed by atoms with Gasteiger partial charge < -0.3 is 10.4 Å². The summed E-state index contributed by atoms with van der Waals surface area (Å²) in [6.07, 6.45) is 1.41. The molecule has 0 aliphatic heterocycles. The van der Waals surface area contributed by atoms with Crippen LogP contribution in [0.25, 0.3) is 0 Å². The molecule has 6 heteroatoms. The monoisotopic (exact) mass is 284 g/mol. The largest absolute Gasteiger partial charge is 0.480 e. The first-order chi connectivity index (χ1) is 8.92. The van der Waals surface area contributed by atoms with Crippen molar-refractivity contribution in [3.8, 4) is 0 Å². The topological polar surface area (TPSA) is 79.3 Å². The third-order valence-corrected chi connectivity index (χ3v) is 3.51. The molecule has 1 atom stereocenters. The maximum atomic E-state index is 11.8. The number of carboxylic acid groups (broad SMARTS) is 1. The summed E-state index contributed by atoms with van der Waals surface area (Å²) < 4.78 is 0. The quantitative estimate of drug-likeness (QED) is 0.801. The minimum absolute atomic E-state index is 0.145. The lowest BCUT2D eigenvalue weighted by molar-refractivity contribution is -0.142. The Labute approximate surface area is 117 Å². The van der Waals surface area contributed by atoms with Crippen LogP contribution in [-0.4, -0.2) is 28.0 Å². The van der Waals surface area contributed by atoms with Gasteiger partial charge in [0.25, 0.3) is 0 Å². The molecule has 106 valence electrons. The van der Waals surface area contributed by atoms with Crippen LogP contribution in [0, 0.1) is 5.92 Å². The van der Waals surface area contributed by atoms with E-state index in [9.17, 15) is 9.59 Å². The Morgan fingerprint density at radius 1 is 1.47 bits per heavy atom. The van der Waals surface area contributed by atoms with E-state index in [0.29, 0.717) is 6.42 Å². The van der Waals surface area contributed by atoms with Gasteiger partial charge >= 0.3 is 5.97 Å². The van der Waals surface area contributed by atoms with Crippen LogP contribution in [0.15, 0.2) is 5.38 Å². The van der Waals surface area contributed by atoms with Gasteiger partial charge in [-0.05, 0) is 18.8 Å². The molecule has 1 amide bonds. The predicted octanol–water partition coefficient (Wildman–Crippen LogP) is 1.86. The van der Waals surface area contributed by atoms with Crippen molar-refractivity contribution in [2.24, 2.45) is 5.92 Å².